The minimum atomic E-state index is -0.416. The molecule has 0 aliphatic heterocycles. The maximum absolute atomic E-state index is 5.70. The predicted molar refractivity (Wildman–Crippen MR) is 72.9 cm³/mol. The van der Waals surface area contributed by atoms with Crippen molar-refractivity contribution in [2.75, 3.05) is 7.11 Å². The molecule has 0 aliphatic carbocycles. The van der Waals surface area contributed by atoms with E-state index in [1.54, 1.807) is 7.11 Å². The number of hydrogen-bond acceptors (Lipinski definition) is 4. The smallest absolute Gasteiger partial charge is 0.0830 e. The van der Waals surface area contributed by atoms with Crippen LogP contribution in [0.3, 0.4) is 0 Å². The van der Waals surface area contributed by atoms with E-state index in [0.717, 1.165) is 16.3 Å². The molecule has 4 heteroatoms. The molecule has 1 atom stereocenters. The molecule has 1 heterocycles. The Labute approximate surface area is 107 Å². The molecule has 2 rings (SSSR count). The van der Waals surface area contributed by atoms with E-state index in [9.17, 15) is 0 Å². The fourth-order valence-electron chi connectivity index (χ4n) is 2.15. The molecule has 0 bridgehead atoms. The van der Waals surface area contributed by atoms with E-state index < -0.39 is 5.60 Å². The Bertz CT molecular complexity index is 534. The van der Waals surface area contributed by atoms with E-state index in [-0.39, 0.29) is 6.04 Å². The van der Waals surface area contributed by atoms with Crippen LogP contribution in [0.2, 0.25) is 0 Å². The van der Waals surface area contributed by atoms with E-state index in [2.05, 4.69) is 16.5 Å². The fraction of sp³-hybridized carbons (Fsp3) is 0.357. The molecule has 1 aromatic carbocycles. The topological polar surface area (TPSA) is 60.2 Å². The highest BCUT2D eigenvalue weighted by molar-refractivity contribution is 5.85. The molecule has 0 fully saturated rings. The largest absolute Gasteiger partial charge is 0.377 e. The van der Waals surface area contributed by atoms with Crippen LogP contribution < -0.4 is 11.3 Å². The Balaban J connectivity index is 2.59. The summed E-state index contributed by atoms with van der Waals surface area (Å²) >= 11 is 0. The number of nitrogens with zero attached hydrogens (tertiary/aromatic N) is 1. The van der Waals surface area contributed by atoms with Crippen LogP contribution in [-0.4, -0.2) is 17.7 Å². The fourth-order valence-corrected chi connectivity index (χ4v) is 2.15. The Morgan fingerprint density at radius 2 is 2.00 bits per heavy atom. The van der Waals surface area contributed by atoms with Crippen molar-refractivity contribution in [3.8, 4) is 0 Å². The molecule has 0 radical (unpaired) electrons. The lowest BCUT2D eigenvalue weighted by Gasteiger charge is -2.33. The van der Waals surface area contributed by atoms with Gasteiger partial charge in [0.2, 0.25) is 0 Å². The standard InChI is InChI=1S/C14H19N3O/c1-14(2,18-3)13(17-15)12-9-16-8-10-6-4-5-7-11(10)12/h4-9,13,17H,15H2,1-3H3. The summed E-state index contributed by atoms with van der Waals surface area (Å²) < 4.78 is 5.52. The molecule has 0 saturated heterocycles. The zero-order chi connectivity index (χ0) is 13.2. The number of ether oxygens (including phenoxy) is 1. The van der Waals surface area contributed by atoms with Gasteiger partial charge < -0.3 is 4.74 Å². The van der Waals surface area contributed by atoms with Crippen LogP contribution in [0, 0.1) is 0 Å². The molecule has 4 nitrogen and oxygen atoms in total. The van der Waals surface area contributed by atoms with Crippen LogP contribution in [0.25, 0.3) is 10.8 Å². The van der Waals surface area contributed by atoms with Crippen molar-refractivity contribution in [2.45, 2.75) is 25.5 Å². The summed E-state index contributed by atoms with van der Waals surface area (Å²) in [6.45, 7) is 4.00. The molecule has 0 aliphatic rings. The first-order chi connectivity index (χ1) is 8.60. The van der Waals surface area contributed by atoms with Gasteiger partial charge in [0.15, 0.2) is 0 Å². The van der Waals surface area contributed by atoms with Gasteiger partial charge in [-0.2, -0.15) is 0 Å². The third-order valence-electron chi connectivity index (χ3n) is 3.40. The van der Waals surface area contributed by atoms with Crippen molar-refractivity contribution in [3.63, 3.8) is 0 Å². The maximum Gasteiger partial charge on any atom is 0.0830 e. The number of fused-ring (bicyclic) bond motifs is 1. The van der Waals surface area contributed by atoms with Gasteiger partial charge in [-0.05, 0) is 24.8 Å². The second-order valence-corrected chi connectivity index (χ2v) is 4.86. The minimum Gasteiger partial charge on any atom is -0.377 e. The number of methoxy groups -OCH3 is 1. The summed E-state index contributed by atoms with van der Waals surface area (Å²) in [6.07, 6.45) is 3.69. The number of hydrazine groups is 1. The van der Waals surface area contributed by atoms with Crippen LogP contribution in [-0.2, 0) is 4.74 Å². The predicted octanol–water partition coefficient (Wildman–Crippen LogP) is 2.16. The van der Waals surface area contributed by atoms with Gasteiger partial charge in [0.1, 0.15) is 0 Å². The lowest BCUT2D eigenvalue weighted by atomic mass is 9.90. The molecule has 1 aromatic heterocycles. The van der Waals surface area contributed by atoms with E-state index in [1.165, 1.54) is 0 Å². The Kier molecular flexibility index (Phi) is 3.61. The average molecular weight is 245 g/mol. The van der Waals surface area contributed by atoms with Crippen molar-refractivity contribution in [1.29, 1.82) is 0 Å². The normalized spacial score (nSPS) is 13.8. The SMILES string of the molecule is COC(C)(C)C(NN)c1cncc2ccccc12. The van der Waals surface area contributed by atoms with Gasteiger partial charge in [0.05, 0.1) is 11.6 Å². The summed E-state index contributed by atoms with van der Waals surface area (Å²) in [4.78, 5) is 4.28. The van der Waals surface area contributed by atoms with Crippen LogP contribution in [0.4, 0.5) is 0 Å². The summed E-state index contributed by atoms with van der Waals surface area (Å²) in [5, 5.41) is 2.24. The summed E-state index contributed by atoms with van der Waals surface area (Å²) in [6, 6.07) is 8.00. The van der Waals surface area contributed by atoms with Gasteiger partial charge in [-0.25, -0.2) is 0 Å². The molecule has 0 saturated carbocycles. The molecule has 0 amide bonds. The van der Waals surface area contributed by atoms with E-state index in [0.29, 0.717) is 0 Å². The molecule has 96 valence electrons. The van der Waals surface area contributed by atoms with Crippen molar-refractivity contribution in [3.05, 3.63) is 42.2 Å². The Morgan fingerprint density at radius 1 is 1.28 bits per heavy atom. The Morgan fingerprint density at radius 3 is 2.67 bits per heavy atom. The van der Waals surface area contributed by atoms with Crippen molar-refractivity contribution < 1.29 is 4.74 Å². The van der Waals surface area contributed by atoms with E-state index >= 15 is 0 Å². The number of benzene rings is 1. The van der Waals surface area contributed by atoms with Crippen LogP contribution >= 0.6 is 0 Å². The van der Waals surface area contributed by atoms with Crippen LogP contribution in [0.5, 0.6) is 0 Å². The molecule has 3 N–H and O–H groups in total. The zero-order valence-corrected chi connectivity index (χ0v) is 11.0. The Hall–Kier alpha value is -1.49. The van der Waals surface area contributed by atoms with E-state index in [1.807, 2.05) is 44.4 Å². The van der Waals surface area contributed by atoms with Gasteiger partial charge in [0, 0.05) is 24.9 Å². The number of nitrogens with one attached hydrogen (secondary N) is 1. The molecular formula is C14H19N3O. The van der Waals surface area contributed by atoms with Crippen molar-refractivity contribution in [2.24, 2.45) is 5.84 Å². The quantitative estimate of drug-likeness (QED) is 0.640. The van der Waals surface area contributed by atoms with Gasteiger partial charge >= 0.3 is 0 Å². The molecule has 2 aromatic rings. The summed E-state index contributed by atoms with van der Waals surface area (Å²) in [5.41, 5.74) is 3.46. The second kappa shape index (κ2) is 5.02. The minimum absolute atomic E-state index is 0.124. The lowest BCUT2D eigenvalue weighted by Crippen LogP contribution is -2.44. The van der Waals surface area contributed by atoms with Crippen LogP contribution in [0.15, 0.2) is 36.7 Å². The zero-order valence-electron chi connectivity index (χ0n) is 11.0. The average Bonchev–Trinajstić information content (AvgIpc) is 2.39. The number of nitrogens with two attached hydrogens (primary N) is 1. The maximum atomic E-state index is 5.70. The monoisotopic (exact) mass is 245 g/mol. The van der Waals surface area contributed by atoms with Crippen LogP contribution in [0.1, 0.15) is 25.5 Å². The first-order valence-corrected chi connectivity index (χ1v) is 5.94. The second-order valence-electron chi connectivity index (χ2n) is 4.86. The van der Waals surface area contributed by atoms with Gasteiger partial charge in [-0.3, -0.25) is 16.3 Å². The number of aromatic nitrogens is 1. The third-order valence-corrected chi connectivity index (χ3v) is 3.40. The highest BCUT2D eigenvalue weighted by Gasteiger charge is 2.31. The molecule has 0 spiro atoms. The number of pyridine rings is 1. The molecular weight excluding hydrogens is 226 g/mol. The molecule has 1 unspecified atom stereocenters. The highest BCUT2D eigenvalue weighted by atomic mass is 16.5. The first-order valence-electron chi connectivity index (χ1n) is 5.94. The molecule has 18 heavy (non-hydrogen) atoms. The summed E-state index contributed by atoms with van der Waals surface area (Å²) in [7, 11) is 1.68. The number of rotatable bonds is 4. The van der Waals surface area contributed by atoms with Gasteiger partial charge in [0.25, 0.3) is 0 Å². The highest BCUT2D eigenvalue weighted by Crippen LogP contribution is 2.31. The third kappa shape index (κ3) is 2.22. The van der Waals surface area contributed by atoms with Crippen molar-refractivity contribution in [1.82, 2.24) is 10.4 Å². The summed E-state index contributed by atoms with van der Waals surface area (Å²) in [5.74, 6) is 5.70. The van der Waals surface area contributed by atoms with Crippen molar-refractivity contribution >= 4 is 10.8 Å². The number of hydrogen-bond donors (Lipinski definition) is 2. The first kappa shape index (κ1) is 13.0. The van der Waals surface area contributed by atoms with Gasteiger partial charge in [-0.15, -0.1) is 0 Å². The lowest BCUT2D eigenvalue weighted by molar-refractivity contribution is -0.0108. The van der Waals surface area contributed by atoms with E-state index in [4.69, 9.17) is 10.6 Å². The van der Waals surface area contributed by atoms with Gasteiger partial charge in [-0.1, -0.05) is 24.3 Å².